The standard InChI is InChI=1S/C25H25NS/c1-20-17-24(27-23-15-9-4-10-16-23)18-25(22-13-7-3-8-14-22)26(20)19-21-11-5-2-6-12-21/h2-17,20,25H,18-19H2,1H3/t20-,25+/m0/s1. The van der Waals surface area contributed by atoms with E-state index in [0.717, 1.165) is 13.0 Å². The Morgan fingerprint density at radius 3 is 2.07 bits per heavy atom. The van der Waals surface area contributed by atoms with Gasteiger partial charge in [0.1, 0.15) is 0 Å². The van der Waals surface area contributed by atoms with Gasteiger partial charge in [0.2, 0.25) is 0 Å². The summed E-state index contributed by atoms with van der Waals surface area (Å²) in [6, 6.07) is 33.3. The zero-order chi connectivity index (χ0) is 18.5. The minimum atomic E-state index is 0.398. The summed E-state index contributed by atoms with van der Waals surface area (Å²) in [5, 5.41) is 0. The van der Waals surface area contributed by atoms with Gasteiger partial charge in [-0.15, -0.1) is 0 Å². The van der Waals surface area contributed by atoms with Crippen LogP contribution in [-0.4, -0.2) is 10.9 Å². The van der Waals surface area contributed by atoms with E-state index in [1.165, 1.54) is 20.9 Å². The molecule has 2 heteroatoms. The van der Waals surface area contributed by atoms with Crippen molar-refractivity contribution in [2.24, 2.45) is 0 Å². The van der Waals surface area contributed by atoms with Gasteiger partial charge in [0, 0.05) is 23.5 Å². The largest absolute Gasteiger partial charge is 0.286 e. The molecule has 0 spiro atoms. The first-order valence-electron chi connectivity index (χ1n) is 9.58. The first-order chi connectivity index (χ1) is 13.3. The number of thioether (sulfide) groups is 1. The van der Waals surface area contributed by atoms with Gasteiger partial charge in [-0.25, -0.2) is 0 Å². The van der Waals surface area contributed by atoms with Crippen LogP contribution in [0.5, 0.6) is 0 Å². The molecular formula is C25H25NS. The summed E-state index contributed by atoms with van der Waals surface area (Å²) in [5.74, 6) is 0. The second kappa shape index (κ2) is 8.60. The van der Waals surface area contributed by atoms with E-state index >= 15 is 0 Å². The molecule has 0 saturated heterocycles. The van der Waals surface area contributed by atoms with Crippen LogP contribution >= 0.6 is 11.8 Å². The molecule has 0 unspecified atom stereocenters. The van der Waals surface area contributed by atoms with Crippen molar-refractivity contribution in [2.75, 3.05) is 0 Å². The molecule has 4 rings (SSSR count). The molecule has 136 valence electrons. The molecule has 2 atom stereocenters. The lowest BCUT2D eigenvalue weighted by atomic mass is 9.95. The first-order valence-corrected chi connectivity index (χ1v) is 10.4. The third kappa shape index (κ3) is 4.52. The van der Waals surface area contributed by atoms with Crippen molar-refractivity contribution in [3.63, 3.8) is 0 Å². The van der Waals surface area contributed by atoms with Gasteiger partial charge in [-0.1, -0.05) is 96.7 Å². The maximum atomic E-state index is 2.62. The molecule has 1 heterocycles. The average Bonchev–Trinajstić information content (AvgIpc) is 2.72. The average molecular weight is 372 g/mol. The van der Waals surface area contributed by atoms with Crippen LogP contribution in [0, 0.1) is 0 Å². The van der Waals surface area contributed by atoms with E-state index in [2.05, 4.69) is 109 Å². The Morgan fingerprint density at radius 1 is 0.815 bits per heavy atom. The minimum Gasteiger partial charge on any atom is -0.286 e. The van der Waals surface area contributed by atoms with Crippen LogP contribution in [0.1, 0.15) is 30.5 Å². The van der Waals surface area contributed by atoms with Crippen molar-refractivity contribution in [2.45, 2.75) is 36.9 Å². The number of hydrogen-bond acceptors (Lipinski definition) is 2. The van der Waals surface area contributed by atoms with Gasteiger partial charge < -0.3 is 0 Å². The van der Waals surface area contributed by atoms with E-state index in [1.54, 1.807) is 0 Å². The smallest absolute Gasteiger partial charge is 0.0402 e. The van der Waals surface area contributed by atoms with Gasteiger partial charge >= 0.3 is 0 Å². The topological polar surface area (TPSA) is 3.24 Å². The highest BCUT2D eigenvalue weighted by Crippen LogP contribution is 2.41. The molecule has 0 aliphatic carbocycles. The summed E-state index contributed by atoms with van der Waals surface area (Å²) < 4.78 is 0. The Labute approximate surface area is 166 Å². The van der Waals surface area contributed by atoms with Crippen LogP contribution in [0.4, 0.5) is 0 Å². The highest BCUT2D eigenvalue weighted by atomic mass is 32.2. The number of nitrogens with zero attached hydrogens (tertiary/aromatic N) is 1. The van der Waals surface area contributed by atoms with Crippen LogP contribution in [0.3, 0.4) is 0 Å². The molecule has 0 aromatic heterocycles. The third-order valence-corrected chi connectivity index (χ3v) is 6.20. The van der Waals surface area contributed by atoms with Crippen LogP contribution < -0.4 is 0 Å². The van der Waals surface area contributed by atoms with Crippen molar-refractivity contribution in [1.82, 2.24) is 4.90 Å². The summed E-state index contributed by atoms with van der Waals surface area (Å²) in [7, 11) is 0. The fourth-order valence-corrected chi connectivity index (χ4v) is 4.88. The molecule has 0 radical (unpaired) electrons. The molecule has 0 amide bonds. The van der Waals surface area contributed by atoms with Gasteiger partial charge in [0.15, 0.2) is 0 Å². The summed E-state index contributed by atoms with van der Waals surface area (Å²) >= 11 is 1.91. The lowest BCUT2D eigenvalue weighted by molar-refractivity contribution is 0.149. The number of benzene rings is 3. The molecular weight excluding hydrogens is 346 g/mol. The zero-order valence-electron chi connectivity index (χ0n) is 15.7. The monoisotopic (exact) mass is 371 g/mol. The Morgan fingerprint density at radius 2 is 1.41 bits per heavy atom. The van der Waals surface area contributed by atoms with Gasteiger partial charge in [-0.3, -0.25) is 4.90 Å². The predicted octanol–water partition coefficient (Wildman–Crippen LogP) is 6.70. The lowest BCUT2D eigenvalue weighted by Gasteiger charge is -2.40. The summed E-state index contributed by atoms with van der Waals surface area (Å²) in [5.41, 5.74) is 2.78. The first kappa shape index (κ1) is 18.1. The molecule has 1 aliphatic heterocycles. The van der Waals surface area contributed by atoms with E-state index in [1.807, 2.05) is 11.8 Å². The molecule has 0 saturated carbocycles. The zero-order valence-corrected chi connectivity index (χ0v) is 16.5. The molecule has 1 aliphatic rings. The SMILES string of the molecule is C[C@H]1C=C(Sc2ccccc2)C[C@H](c2ccccc2)N1Cc1ccccc1. The quantitative estimate of drug-likeness (QED) is 0.491. The second-order valence-corrected chi connectivity index (χ2v) is 8.28. The maximum absolute atomic E-state index is 2.62. The Balaban J connectivity index is 1.62. The van der Waals surface area contributed by atoms with E-state index < -0.39 is 0 Å². The van der Waals surface area contributed by atoms with Crippen LogP contribution in [0.15, 0.2) is 107 Å². The predicted molar refractivity (Wildman–Crippen MR) is 116 cm³/mol. The number of rotatable bonds is 5. The minimum absolute atomic E-state index is 0.398. The second-order valence-electron chi connectivity index (χ2n) is 7.08. The molecule has 0 N–H and O–H groups in total. The van der Waals surface area contributed by atoms with Crippen molar-refractivity contribution >= 4 is 11.8 Å². The third-order valence-electron chi connectivity index (χ3n) is 5.13. The van der Waals surface area contributed by atoms with Crippen LogP contribution in [0.25, 0.3) is 0 Å². The fourth-order valence-electron chi connectivity index (χ4n) is 3.77. The maximum Gasteiger partial charge on any atom is 0.0402 e. The van der Waals surface area contributed by atoms with Crippen molar-refractivity contribution in [3.05, 3.63) is 113 Å². The molecule has 0 fully saturated rings. The summed E-state index contributed by atoms with van der Waals surface area (Å²) in [6.07, 6.45) is 3.50. The van der Waals surface area contributed by atoms with Gasteiger partial charge in [-0.05, 0) is 41.5 Å². The molecule has 3 aromatic rings. The van der Waals surface area contributed by atoms with Crippen molar-refractivity contribution in [1.29, 1.82) is 0 Å². The highest BCUT2D eigenvalue weighted by Gasteiger charge is 2.29. The molecule has 27 heavy (non-hydrogen) atoms. The molecule has 1 nitrogen and oxygen atoms in total. The summed E-state index contributed by atoms with van der Waals surface area (Å²) in [4.78, 5) is 5.41. The van der Waals surface area contributed by atoms with Crippen molar-refractivity contribution < 1.29 is 0 Å². The van der Waals surface area contributed by atoms with Crippen LogP contribution in [0.2, 0.25) is 0 Å². The molecule has 3 aromatic carbocycles. The Hall–Kier alpha value is -2.29. The van der Waals surface area contributed by atoms with E-state index in [0.29, 0.717) is 12.1 Å². The fraction of sp³-hybridized carbons (Fsp3) is 0.200. The van der Waals surface area contributed by atoms with Gasteiger partial charge in [0.05, 0.1) is 0 Å². The summed E-state index contributed by atoms with van der Waals surface area (Å²) in [6.45, 7) is 3.30. The van der Waals surface area contributed by atoms with Gasteiger partial charge in [0.25, 0.3) is 0 Å². The van der Waals surface area contributed by atoms with Crippen molar-refractivity contribution in [3.8, 4) is 0 Å². The lowest BCUT2D eigenvalue weighted by Crippen LogP contribution is -2.38. The highest BCUT2D eigenvalue weighted by molar-refractivity contribution is 8.03. The normalized spacial score (nSPS) is 20.3. The molecule has 0 bridgehead atoms. The number of hydrogen-bond donors (Lipinski definition) is 0. The van der Waals surface area contributed by atoms with E-state index in [9.17, 15) is 0 Å². The van der Waals surface area contributed by atoms with Crippen LogP contribution in [-0.2, 0) is 6.54 Å². The van der Waals surface area contributed by atoms with Gasteiger partial charge in [-0.2, -0.15) is 0 Å². The van der Waals surface area contributed by atoms with E-state index in [4.69, 9.17) is 0 Å². The van der Waals surface area contributed by atoms with E-state index in [-0.39, 0.29) is 0 Å². The Kier molecular flexibility index (Phi) is 5.76. The Bertz CT molecular complexity index is 874.